The predicted octanol–water partition coefficient (Wildman–Crippen LogP) is 2.89. The number of nitrogens with zero attached hydrogens (tertiary/aromatic N) is 1. The highest BCUT2D eigenvalue weighted by Gasteiger charge is 2.09. The summed E-state index contributed by atoms with van der Waals surface area (Å²) in [6.07, 6.45) is 6.16. The van der Waals surface area contributed by atoms with Crippen LogP contribution in [0.15, 0.2) is 24.3 Å². The summed E-state index contributed by atoms with van der Waals surface area (Å²) in [7, 11) is 0. The highest BCUT2D eigenvalue weighted by atomic mass is 32.1. The highest BCUT2D eigenvalue weighted by Crippen LogP contribution is 2.14. The summed E-state index contributed by atoms with van der Waals surface area (Å²) in [6, 6.07) is 8.66. The van der Waals surface area contributed by atoms with Gasteiger partial charge in [0.15, 0.2) is 0 Å². The fourth-order valence-electron chi connectivity index (χ4n) is 2.59. The third kappa shape index (κ3) is 4.39. The maximum atomic E-state index is 5.60. The van der Waals surface area contributed by atoms with Gasteiger partial charge in [-0.05, 0) is 37.1 Å². The Kier molecular flexibility index (Phi) is 5.14. The van der Waals surface area contributed by atoms with Crippen LogP contribution >= 0.6 is 12.2 Å². The Balaban J connectivity index is 1.97. The molecule has 2 rings (SSSR count). The van der Waals surface area contributed by atoms with Crippen LogP contribution in [0.5, 0.6) is 0 Å². The lowest BCUT2D eigenvalue weighted by Crippen LogP contribution is -2.24. The molecule has 98 valence electrons. The van der Waals surface area contributed by atoms with Crippen molar-refractivity contribution in [1.29, 1.82) is 0 Å². The van der Waals surface area contributed by atoms with Crippen LogP contribution in [0.3, 0.4) is 0 Å². The molecule has 0 amide bonds. The molecule has 18 heavy (non-hydrogen) atoms. The molecule has 1 heterocycles. The molecule has 0 atom stereocenters. The maximum Gasteiger partial charge on any atom is 0.0771 e. The number of hydrogen-bond acceptors (Lipinski definition) is 2. The third-order valence-corrected chi connectivity index (χ3v) is 3.62. The molecule has 1 aliphatic heterocycles. The van der Waals surface area contributed by atoms with Crippen LogP contribution in [0, 0.1) is 0 Å². The zero-order valence-electron chi connectivity index (χ0n) is 10.9. The monoisotopic (exact) mass is 262 g/mol. The molecule has 0 radical (unpaired) electrons. The molecule has 1 aliphatic rings. The Morgan fingerprint density at radius 1 is 1.11 bits per heavy atom. The topological polar surface area (TPSA) is 29.3 Å². The van der Waals surface area contributed by atoms with Crippen molar-refractivity contribution < 1.29 is 0 Å². The van der Waals surface area contributed by atoms with E-state index in [9.17, 15) is 0 Å². The summed E-state index contributed by atoms with van der Waals surface area (Å²) in [4.78, 5) is 3.13. The van der Waals surface area contributed by atoms with Crippen LogP contribution in [-0.4, -0.2) is 23.0 Å². The van der Waals surface area contributed by atoms with Crippen LogP contribution in [0.1, 0.15) is 36.8 Å². The summed E-state index contributed by atoms with van der Waals surface area (Å²) in [5.41, 5.74) is 8.21. The zero-order valence-corrected chi connectivity index (χ0v) is 11.7. The van der Waals surface area contributed by atoms with Crippen LogP contribution in [-0.2, 0) is 13.0 Å². The zero-order chi connectivity index (χ0) is 12.8. The van der Waals surface area contributed by atoms with E-state index in [-0.39, 0.29) is 0 Å². The van der Waals surface area contributed by atoms with Crippen molar-refractivity contribution in [2.24, 2.45) is 5.73 Å². The summed E-state index contributed by atoms with van der Waals surface area (Å²) in [5, 5.41) is 0. The average molecular weight is 262 g/mol. The lowest BCUT2D eigenvalue weighted by Gasteiger charge is -2.20. The largest absolute Gasteiger partial charge is 0.393 e. The smallest absolute Gasteiger partial charge is 0.0771 e. The number of benzene rings is 1. The summed E-state index contributed by atoms with van der Waals surface area (Å²) < 4.78 is 0. The Labute approximate surface area is 115 Å². The van der Waals surface area contributed by atoms with Gasteiger partial charge in [-0.15, -0.1) is 0 Å². The number of nitrogens with two attached hydrogens (primary N) is 1. The third-order valence-electron chi connectivity index (χ3n) is 3.47. The second kappa shape index (κ2) is 6.86. The minimum atomic E-state index is 0.571. The van der Waals surface area contributed by atoms with Gasteiger partial charge in [0.25, 0.3) is 0 Å². The van der Waals surface area contributed by atoms with E-state index in [1.165, 1.54) is 49.9 Å². The van der Waals surface area contributed by atoms with Crippen LogP contribution in [0.25, 0.3) is 0 Å². The Morgan fingerprint density at radius 3 is 2.44 bits per heavy atom. The van der Waals surface area contributed by atoms with Gasteiger partial charge in [0, 0.05) is 13.0 Å². The molecule has 0 unspecified atom stereocenters. The Bertz CT molecular complexity index is 395. The quantitative estimate of drug-likeness (QED) is 0.846. The molecule has 0 saturated carbocycles. The first-order chi connectivity index (χ1) is 8.74. The molecular weight excluding hydrogens is 240 g/mol. The van der Waals surface area contributed by atoms with Crippen molar-refractivity contribution in [3.63, 3.8) is 0 Å². The van der Waals surface area contributed by atoms with Crippen LogP contribution < -0.4 is 5.73 Å². The second-order valence-electron chi connectivity index (χ2n) is 5.15. The van der Waals surface area contributed by atoms with Gasteiger partial charge < -0.3 is 5.73 Å². The number of hydrogen-bond donors (Lipinski definition) is 1. The van der Waals surface area contributed by atoms with Crippen molar-refractivity contribution >= 4 is 17.2 Å². The predicted molar refractivity (Wildman–Crippen MR) is 80.7 cm³/mol. The van der Waals surface area contributed by atoms with E-state index in [4.69, 9.17) is 18.0 Å². The average Bonchev–Trinajstić information content (AvgIpc) is 2.57. The highest BCUT2D eigenvalue weighted by molar-refractivity contribution is 7.80. The minimum absolute atomic E-state index is 0.571. The maximum absolute atomic E-state index is 5.60. The van der Waals surface area contributed by atoms with E-state index in [0.717, 1.165) is 6.54 Å². The molecule has 0 aliphatic carbocycles. The van der Waals surface area contributed by atoms with E-state index in [0.29, 0.717) is 11.4 Å². The molecule has 1 aromatic carbocycles. The number of thiocarbonyl (C=S) groups is 1. The standard InChI is InChI=1S/C15H22N2S/c16-15(18)11-13-6-5-7-14(10-13)12-17-8-3-1-2-4-9-17/h5-7,10H,1-4,8-9,11-12H2,(H2,16,18). The lowest BCUT2D eigenvalue weighted by atomic mass is 10.1. The van der Waals surface area contributed by atoms with Crippen molar-refractivity contribution in [1.82, 2.24) is 4.90 Å². The van der Waals surface area contributed by atoms with Crippen LogP contribution in [0.4, 0.5) is 0 Å². The Morgan fingerprint density at radius 2 is 1.78 bits per heavy atom. The molecule has 3 heteroatoms. The molecule has 0 bridgehead atoms. The second-order valence-corrected chi connectivity index (χ2v) is 5.68. The molecule has 2 nitrogen and oxygen atoms in total. The van der Waals surface area contributed by atoms with Gasteiger partial charge in [-0.1, -0.05) is 49.3 Å². The van der Waals surface area contributed by atoms with E-state index in [1.807, 2.05) is 0 Å². The van der Waals surface area contributed by atoms with Gasteiger partial charge in [0.05, 0.1) is 4.99 Å². The van der Waals surface area contributed by atoms with Gasteiger partial charge in [0.2, 0.25) is 0 Å². The normalized spacial score (nSPS) is 17.3. The van der Waals surface area contributed by atoms with E-state index >= 15 is 0 Å². The molecule has 1 fully saturated rings. The van der Waals surface area contributed by atoms with E-state index in [1.54, 1.807) is 0 Å². The van der Waals surface area contributed by atoms with E-state index < -0.39 is 0 Å². The van der Waals surface area contributed by atoms with Crippen molar-refractivity contribution in [3.05, 3.63) is 35.4 Å². The van der Waals surface area contributed by atoms with Gasteiger partial charge in [0.1, 0.15) is 0 Å². The molecule has 1 saturated heterocycles. The lowest BCUT2D eigenvalue weighted by molar-refractivity contribution is 0.277. The first-order valence-electron chi connectivity index (χ1n) is 6.82. The molecule has 0 spiro atoms. The van der Waals surface area contributed by atoms with Gasteiger partial charge in [-0.2, -0.15) is 0 Å². The van der Waals surface area contributed by atoms with E-state index in [2.05, 4.69) is 29.2 Å². The minimum Gasteiger partial charge on any atom is -0.393 e. The summed E-state index contributed by atoms with van der Waals surface area (Å²) in [5.74, 6) is 0. The summed E-state index contributed by atoms with van der Waals surface area (Å²) in [6.45, 7) is 3.53. The van der Waals surface area contributed by atoms with Gasteiger partial charge in [-0.3, -0.25) is 4.90 Å². The van der Waals surface area contributed by atoms with Gasteiger partial charge in [-0.25, -0.2) is 0 Å². The molecule has 0 aromatic heterocycles. The SMILES string of the molecule is NC(=S)Cc1cccc(CN2CCCCCC2)c1. The molecular formula is C15H22N2S. The number of rotatable bonds is 4. The first-order valence-corrected chi connectivity index (χ1v) is 7.23. The van der Waals surface area contributed by atoms with Gasteiger partial charge >= 0.3 is 0 Å². The molecule has 2 N–H and O–H groups in total. The van der Waals surface area contributed by atoms with Crippen molar-refractivity contribution in [2.45, 2.75) is 38.6 Å². The van der Waals surface area contributed by atoms with Crippen LogP contribution in [0.2, 0.25) is 0 Å². The van der Waals surface area contributed by atoms with Crippen molar-refractivity contribution in [2.75, 3.05) is 13.1 Å². The summed E-state index contributed by atoms with van der Waals surface area (Å²) >= 11 is 4.97. The first kappa shape index (κ1) is 13.5. The number of likely N-dealkylation sites (tertiary alicyclic amines) is 1. The fourth-order valence-corrected chi connectivity index (χ4v) is 2.76. The Hall–Kier alpha value is -0.930. The fraction of sp³-hybridized carbons (Fsp3) is 0.533. The van der Waals surface area contributed by atoms with Crippen molar-refractivity contribution in [3.8, 4) is 0 Å². The molecule has 1 aromatic rings.